The summed E-state index contributed by atoms with van der Waals surface area (Å²) < 4.78 is 36.9. The van der Waals surface area contributed by atoms with Crippen molar-refractivity contribution in [1.29, 1.82) is 0 Å². The molecule has 1 aliphatic rings. The van der Waals surface area contributed by atoms with E-state index >= 15 is 0 Å². The predicted octanol–water partition coefficient (Wildman–Crippen LogP) is 2.55. The third-order valence-corrected chi connectivity index (χ3v) is 5.50. The van der Waals surface area contributed by atoms with E-state index in [4.69, 9.17) is 9.15 Å². The minimum Gasteiger partial charge on any atom is -0.486 e. The molecule has 0 amide bonds. The lowest BCUT2D eigenvalue weighted by Gasteiger charge is -2.12. The monoisotopic (exact) mass is 352 g/mol. The number of sulfonamides is 1. The lowest BCUT2D eigenvalue weighted by atomic mass is 10.3. The zero-order chi connectivity index (χ0) is 17.2. The van der Waals surface area contributed by atoms with E-state index in [1.54, 1.807) is 6.07 Å². The second kappa shape index (κ2) is 6.62. The third kappa shape index (κ3) is 3.41. The summed E-state index contributed by atoms with van der Waals surface area (Å²) in [7, 11) is -3.58. The summed E-state index contributed by atoms with van der Waals surface area (Å²) in [5.41, 5.74) is -0.0284. The minimum atomic E-state index is -3.58. The van der Waals surface area contributed by atoms with Crippen molar-refractivity contribution in [3.05, 3.63) is 52.3 Å². The van der Waals surface area contributed by atoms with Gasteiger partial charge in [-0.1, -0.05) is 0 Å². The summed E-state index contributed by atoms with van der Waals surface area (Å²) in [6.45, 7) is 1.06. The summed E-state index contributed by atoms with van der Waals surface area (Å²) in [5, 5.41) is 10.5. The number of hydrogen-bond donors (Lipinski definition) is 0. The Hall–Kier alpha value is -2.39. The Morgan fingerprint density at radius 3 is 2.42 bits per heavy atom. The molecule has 2 aromatic rings. The second-order valence-electron chi connectivity index (χ2n) is 5.37. The van der Waals surface area contributed by atoms with E-state index in [1.165, 1.54) is 34.6 Å². The van der Waals surface area contributed by atoms with Crippen LogP contribution in [-0.4, -0.2) is 30.7 Å². The standard InChI is InChI=1S/C15H16N2O6S/c18-17(19)12-3-5-13(6-4-12)22-11-14-7-8-15(23-14)24(20,21)16-9-1-2-10-16/h3-8H,1-2,9-11H2. The minimum absolute atomic E-state index is 0.0284. The van der Waals surface area contributed by atoms with Gasteiger partial charge in [-0.05, 0) is 37.1 Å². The normalized spacial score (nSPS) is 15.5. The first-order valence-electron chi connectivity index (χ1n) is 7.43. The predicted molar refractivity (Wildman–Crippen MR) is 84.1 cm³/mol. The first-order valence-corrected chi connectivity index (χ1v) is 8.87. The number of benzene rings is 1. The Morgan fingerprint density at radius 1 is 1.12 bits per heavy atom. The van der Waals surface area contributed by atoms with Gasteiger partial charge in [-0.3, -0.25) is 10.1 Å². The highest BCUT2D eigenvalue weighted by atomic mass is 32.2. The fourth-order valence-corrected chi connectivity index (χ4v) is 3.89. The summed E-state index contributed by atoms with van der Waals surface area (Å²) >= 11 is 0. The number of hydrogen-bond acceptors (Lipinski definition) is 6. The number of furan rings is 1. The molecule has 0 spiro atoms. The van der Waals surface area contributed by atoms with Crippen LogP contribution >= 0.6 is 0 Å². The van der Waals surface area contributed by atoms with Crippen LogP contribution in [0.1, 0.15) is 18.6 Å². The Balaban J connectivity index is 1.64. The highest BCUT2D eigenvalue weighted by Crippen LogP contribution is 2.24. The van der Waals surface area contributed by atoms with E-state index in [0.29, 0.717) is 24.6 Å². The molecule has 24 heavy (non-hydrogen) atoms. The molecule has 9 heteroatoms. The van der Waals surface area contributed by atoms with Crippen LogP contribution in [0.5, 0.6) is 5.75 Å². The molecule has 0 atom stereocenters. The number of nitro benzene ring substituents is 1. The molecular weight excluding hydrogens is 336 g/mol. The largest absolute Gasteiger partial charge is 0.486 e. The van der Waals surface area contributed by atoms with Gasteiger partial charge in [-0.2, -0.15) is 4.31 Å². The van der Waals surface area contributed by atoms with Gasteiger partial charge in [-0.25, -0.2) is 8.42 Å². The molecule has 1 aliphatic heterocycles. The Kier molecular flexibility index (Phi) is 4.54. The van der Waals surface area contributed by atoms with E-state index < -0.39 is 14.9 Å². The number of nitrogens with zero attached hydrogens (tertiary/aromatic N) is 2. The molecule has 0 unspecified atom stereocenters. The summed E-state index contributed by atoms with van der Waals surface area (Å²) in [6.07, 6.45) is 1.71. The van der Waals surface area contributed by atoms with Crippen LogP contribution in [0.25, 0.3) is 0 Å². The summed E-state index contributed by atoms with van der Waals surface area (Å²) in [5.74, 6) is 0.798. The Labute approximate surface area is 138 Å². The van der Waals surface area contributed by atoms with E-state index in [1.807, 2.05) is 0 Å². The lowest BCUT2D eigenvalue weighted by molar-refractivity contribution is -0.384. The molecule has 1 saturated heterocycles. The molecule has 0 saturated carbocycles. The van der Waals surface area contributed by atoms with E-state index in [0.717, 1.165) is 12.8 Å². The van der Waals surface area contributed by atoms with Crippen molar-refractivity contribution in [2.24, 2.45) is 0 Å². The van der Waals surface area contributed by atoms with Crippen molar-refractivity contribution in [3.63, 3.8) is 0 Å². The van der Waals surface area contributed by atoms with Crippen molar-refractivity contribution in [1.82, 2.24) is 4.31 Å². The van der Waals surface area contributed by atoms with Crippen molar-refractivity contribution < 1.29 is 22.5 Å². The number of rotatable bonds is 6. The Bertz CT molecular complexity index is 822. The lowest BCUT2D eigenvalue weighted by Crippen LogP contribution is -2.27. The molecule has 2 heterocycles. The fourth-order valence-electron chi connectivity index (χ4n) is 2.45. The van der Waals surface area contributed by atoms with Crippen LogP contribution in [-0.2, 0) is 16.6 Å². The van der Waals surface area contributed by atoms with Crippen LogP contribution in [0.4, 0.5) is 5.69 Å². The van der Waals surface area contributed by atoms with E-state index in [9.17, 15) is 18.5 Å². The van der Waals surface area contributed by atoms with Gasteiger partial charge < -0.3 is 9.15 Å². The zero-order valence-electron chi connectivity index (χ0n) is 12.8. The maximum atomic E-state index is 12.4. The molecule has 1 fully saturated rings. The van der Waals surface area contributed by atoms with Gasteiger partial charge >= 0.3 is 0 Å². The van der Waals surface area contributed by atoms with Crippen molar-refractivity contribution in [2.75, 3.05) is 13.1 Å². The maximum Gasteiger partial charge on any atom is 0.276 e. The van der Waals surface area contributed by atoms with Crippen LogP contribution in [0.15, 0.2) is 45.9 Å². The Morgan fingerprint density at radius 2 is 1.79 bits per heavy atom. The van der Waals surface area contributed by atoms with Crippen LogP contribution in [0.2, 0.25) is 0 Å². The second-order valence-corrected chi connectivity index (χ2v) is 7.24. The van der Waals surface area contributed by atoms with Crippen LogP contribution in [0, 0.1) is 10.1 Å². The molecular formula is C15H16N2O6S. The molecule has 0 N–H and O–H groups in total. The first-order chi connectivity index (χ1) is 11.5. The molecule has 1 aromatic carbocycles. The molecule has 0 bridgehead atoms. The van der Waals surface area contributed by atoms with Gasteiger partial charge in [0.15, 0.2) is 0 Å². The van der Waals surface area contributed by atoms with Gasteiger partial charge in [0.05, 0.1) is 4.92 Å². The maximum absolute atomic E-state index is 12.4. The number of nitro groups is 1. The summed E-state index contributed by atoms with van der Waals surface area (Å²) in [6, 6.07) is 8.59. The number of ether oxygens (including phenoxy) is 1. The van der Waals surface area contributed by atoms with Crippen molar-refractivity contribution >= 4 is 15.7 Å². The average molecular weight is 352 g/mol. The number of non-ortho nitro benzene ring substituents is 1. The van der Waals surface area contributed by atoms with Gasteiger partial charge in [0, 0.05) is 25.2 Å². The van der Waals surface area contributed by atoms with Crippen molar-refractivity contribution in [2.45, 2.75) is 24.5 Å². The van der Waals surface area contributed by atoms with Gasteiger partial charge in [0.1, 0.15) is 18.1 Å². The van der Waals surface area contributed by atoms with Gasteiger partial charge in [-0.15, -0.1) is 0 Å². The van der Waals surface area contributed by atoms with Crippen LogP contribution in [0.3, 0.4) is 0 Å². The molecule has 3 rings (SSSR count). The third-order valence-electron chi connectivity index (χ3n) is 3.72. The molecule has 8 nitrogen and oxygen atoms in total. The quantitative estimate of drug-likeness (QED) is 0.585. The topological polar surface area (TPSA) is 103 Å². The molecule has 0 radical (unpaired) electrons. The molecule has 128 valence electrons. The SMILES string of the molecule is O=[N+]([O-])c1ccc(OCc2ccc(S(=O)(=O)N3CCCC3)o2)cc1. The van der Waals surface area contributed by atoms with Crippen LogP contribution < -0.4 is 4.74 Å². The average Bonchev–Trinajstić information content (AvgIpc) is 3.25. The first kappa shape index (κ1) is 16.5. The smallest absolute Gasteiger partial charge is 0.276 e. The zero-order valence-corrected chi connectivity index (χ0v) is 13.6. The van der Waals surface area contributed by atoms with Crippen molar-refractivity contribution in [3.8, 4) is 5.75 Å². The molecule has 1 aromatic heterocycles. The van der Waals surface area contributed by atoms with E-state index in [2.05, 4.69) is 0 Å². The van der Waals surface area contributed by atoms with Gasteiger partial charge in [0.2, 0.25) is 5.09 Å². The van der Waals surface area contributed by atoms with E-state index in [-0.39, 0.29) is 17.4 Å². The summed E-state index contributed by atoms with van der Waals surface area (Å²) in [4.78, 5) is 10.1. The highest BCUT2D eigenvalue weighted by Gasteiger charge is 2.29. The fraction of sp³-hybridized carbons (Fsp3) is 0.333. The van der Waals surface area contributed by atoms with Gasteiger partial charge in [0.25, 0.3) is 15.7 Å². The molecule has 0 aliphatic carbocycles. The highest BCUT2D eigenvalue weighted by molar-refractivity contribution is 7.89.